The number of hydrogen-bond donors (Lipinski definition) is 1. The van der Waals surface area contributed by atoms with E-state index in [1.165, 1.54) is 19.3 Å². The topological polar surface area (TPSA) is 64.9 Å². The van der Waals surface area contributed by atoms with Gasteiger partial charge in [0.05, 0.1) is 5.41 Å². The van der Waals surface area contributed by atoms with Crippen molar-refractivity contribution in [3.63, 3.8) is 0 Å². The van der Waals surface area contributed by atoms with E-state index in [4.69, 9.17) is 10.3 Å². The van der Waals surface area contributed by atoms with Crippen molar-refractivity contribution in [2.75, 3.05) is 6.54 Å². The van der Waals surface area contributed by atoms with Crippen molar-refractivity contribution in [1.29, 1.82) is 0 Å². The first kappa shape index (κ1) is 10.3. The van der Waals surface area contributed by atoms with Crippen LogP contribution in [-0.2, 0) is 5.41 Å². The van der Waals surface area contributed by atoms with Crippen LogP contribution in [-0.4, -0.2) is 16.7 Å². The molecule has 2 N–H and O–H groups in total. The largest absolute Gasteiger partial charge is 0.339 e. The zero-order valence-electron chi connectivity index (χ0n) is 9.78. The third kappa shape index (κ3) is 1.47. The first-order valence-electron chi connectivity index (χ1n) is 6.29. The summed E-state index contributed by atoms with van der Waals surface area (Å²) in [5.41, 5.74) is 5.89. The van der Waals surface area contributed by atoms with Crippen LogP contribution in [0.15, 0.2) is 4.52 Å². The van der Waals surface area contributed by atoms with E-state index in [1.54, 1.807) is 0 Å². The molecule has 0 bridgehead atoms. The summed E-state index contributed by atoms with van der Waals surface area (Å²) in [5, 5.41) is 4.12. The molecule has 2 atom stereocenters. The second kappa shape index (κ2) is 3.55. The van der Waals surface area contributed by atoms with Crippen LogP contribution in [0.5, 0.6) is 0 Å². The minimum Gasteiger partial charge on any atom is -0.339 e. The Balaban J connectivity index is 1.85. The highest BCUT2D eigenvalue weighted by Crippen LogP contribution is 2.47. The van der Waals surface area contributed by atoms with Crippen molar-refractivity contribution >= 4 is 0 Å². The van der Waals surface area contributed by atoms with E-state index in [0.717, 1.165) is 30.5 Å². The van der Waals surface area contributed by atoms with E-state index in [0.29, 0.717) is 12.5 Å². The molecule has 2 fully saturated rings. The summed E-state index contributed by atoms with van der Waals surface area (Å²) in [6, 6.07) is 0. The summed E-state index contributed by atoms with van der Waals surface area (Å²) >= 11 is 0. The van der Waals surface area contributed by atoms with E-state index >= 15 is 0 Å². The smallest absolute Gasteiger partial charge is 0.234 e. The SMILES string of the molecule is CC1CC1c1noc(C2(CN)CCCC2)n1. The highest BCUT2D eigenvalue weighted by molar-refractivity contribution is 5.13. The lowest BCUT2D eigenvalue weighted by atomic mass is 9.86. The summed E-state index contributed by atoms with van der Waals surface area (Å²) < 4.78 is 5.45. The molecule has 4 heteroatoms. The van der Waals surface area contributed by atoms with Gasteiger partial charge in [0, 0.05) is 12.5 Å². The maximum Gasteiger partial charge on any atom is 0.234 e. The van der Waals surface area contributed by atoms with Gasteiger partial charge in [-0.15, -0.1) is 0 Å². The zero-order chi connectivity index (χ0) is 11.2. The predicted octanol–water partition coefficient (Wildman–Crippen LogP) is 1.96. The Labute approximate surface area is 95.6 Å². The lowest BCUT2D eigenvalue weighted by Crippen LogP contribution is -2.32. The molecular weight excluding hydrogens is 202 g/mol. The lowest BCUT2D eigenvalue weighted by molar-refractivity contribution is 0.283. The summed E-state index contributed by atoms with van der Waals surface area (Å²) in [5.74, 6) is 2.96. The van der Waals surface area contributed by atoms with Gasteiger partial charge in [-0.1, -0.05) is 24.9 Å². The molecule has 1 heterocycles. The molecule has 0 spiro atoms. The fourth-order valence-corrected chi connectivity index (χ4v) is 2.84. The van der Waals surface area contributed by atoms with Crippen LogP contribution >= 0.6 is 0 Å². The lowest BCUT2D eigenvalue weighted by Gasteiger charge is -2.21. The van der Waals surface area contributed by atoms with Crippen LogP contribution in [0.1, 0.15) is 56.7 Å². The first-order valence-corrected chi connectivity index (χ1v) is 6.29. The van der Waals surface area contributed by atoms with Gasteiger partial charge in [0.15, 0.2) is 5.82 Å². The normalized spacial score (nSPS) is 31.9. The van der Waals surface area contributed by atoms with Crippen LogP contribution in [0, 0.1) is 5.92 Å². The standard InChI is InChI=1S/C12H19N3O/c1-8-6-9(8)10-14-11(16-15-10)12(7-13)4-2-3-5-12/h8-9H,2-7,13H2,1H3. The summed E-state index contributed by atoms with van der Waals surface area (Å²) in [6.45, 7) is 2.86. The Hall–Kier alpha value is -0.900. The van der Waals surface area contributed by atoms with Crippen molar-refractivity contribution in [3.8, 4) is 0 Å². The van der Waals surface area contributed by atoms with Crippen LogP contribution in [0.3, 0.4) is 0 Å². The Bertz CT molecular complexity index is 381. The van der Waals surface area contributed by atoms with E-state index in [-0.39, 0.29) is 5.41 Å². The quantitative estimate of drug-likeness (QED) is 0.847. The summed E-state index contributed by atoms with van der Waals surface area (Å²) in [6.07, 6.45) is 5.87. The monoisotopic (exact) mass is 221 g/mol. The third-order valence-corrected chi connectivity index (χ3v) is 4.29. The fraction of sp³-hybridized carbons (Fsp3) is 0.833. The highest BCUT2D eigenvalue weighted by atomic mass is 16.5. The molecule has 0 radical (unpaired) electrons. The zero-order valence-corrected chi connectivity index (χ0v) is 9.78. The number of nitrogens with two attached hydrogens (primary N) is 1. The molecule has 1 aromatic heterocycles. The van der Waals surface area contributed by atoms with Crippen LogP contribution in [0.4, 0.5) is 0 Å². The highest BCUT2D eigenvalue weighted by Gasteiger charge is 2.43. The minimum atomic E-state index is -0.0105. The van der Waals surface area contributed by atoms with E-state index in [1.807, 2.05) is 0 Å². The van der Waals surface area contributed by atoms with Crippen molar-refractivity contribution in [3.05, 3.63) is 11.7 Å². The Morgan fingerprint density at radius 3 is 2.69 bits per heavy atom. The van der Waals surface area contributed by atoms with Gasteiger partial charge in [-0.3, -0.25) is 0 Å². The molecule has 0 amide bonds. The van der Waals surface area contributed by atoms with Crippen molar-refractivity contribution in [1.82, 2.24) is 10.1 Å². The molecule has 3 rings (SSSR count). The van der Waals surface area contributed by atoms with E-state index in [9.17, 15) is 0 Å². The van der Waals surface area contributed by atoms with Crippen LogP contribution in [0.25, 0.3) is 0 Å². The molecule has 88 valence electrons. The van der Waals surface area contributed by atoms with Crippen LogP contribution in [0.2, 0.25) is 0 Å². The van der Waals surface area contributed by atoms with Crippen molar-refractivity contribution in [2.24, 2.45) is 11.7 Å². The first-order chi connectivity index (χ1) is 7.75. The maximum atomic E-state index is 5.90. The fourth-order valence-electron chi connectivity index (χ4n) is 2.84. The molecule has 2 aliphatic carbocycles. The number of hydrogen-bond acceptors (Lipinski definition) is 4. The van der Waals surface area contributed by atoms with Gasteiger partial charge in [0.25, 0.3) is 0 Å². The van der Waals surface area contributed by atoms with E-state index < -0.39 is 0 Å². The predicted molar refractivity (Wildman–Crippen MR) is 60.0 cm³/mol. The third-order valence-electron chi connectivity index (χ3n) is 4.29. The van der Waals surface area contributed by atoms with Gasteiger partial charge in [-0.25, -0.2) is 0 Å². The number of rotatable bonds is 3. The van der Waals surface area contributed by atoms with Crippen molar-refractivity contribution in [2.45, 2.75) is 50.4 Å². The van der Waals surface area contributed by atoms with Crippen LogP contribution < -0.4 is 5.73 Å². The molecular formula is C12H19N3O. The molecule has 0 aliphatic heterocycles. The van der Waals surface area contributed by atoms with Gasteiger partial charge >= 0.3 is 0 Å². The van der Waals surface area contributed by atoms with Gasteiger partial charge in [0.1, 0.15) is 0 Å². The molecule has 1 aromatic rings. The molecule has 0 aromatic carbocycles. The van der Waals surface area contributed by atoms with E-state index in [2.05, 4.69) is 17.1 Å². The molecule has 4 nitrogen and oxygen atoms in total. The molecule has 2 aliphatic rings. The van der Waals surface area contributed by atoms with Gasteiger partial charge in [-0.2, -0.15) is 4.98 Å². The Morgan fingerprint density at radius 1 is 1.44 bits per heavy atom. The summed E-state index contributed by atoms with van der Waals surface area (Å²) in [4.78, 5) is 4.59. The number of aromatic nitrogens is 2. The van der Waals surface area contributed by atoms with Gasteiger partial charge in [-0.05, 0) is 25.2 Å². The summed E-state index contributed by atoms with van der Waals surface area (Å²) in [7, 11) is 0. The molecule has 2 saturated carbocycles. The van der Waals surface area contributed by atoms with Crippen molar-refractivity contribution < 1.29 is 4.52 Å². The average molecular weight is 221 g/mol. The van der Waals surface area contributed by atoms with Gasteiger partial charge < -0.3 is 10.3 Å². The second-order valence-corrected chi connectivity index (χ2v) is 5.47. The second-order valence-electron chi connectivity index (χ2n) is 5.47. The minimum absolute atomic E-state index is 0.0105. The molecule has 16 heavy (non-hydrogen) atoms. The molecule has 2 unspecified atom stereocenters. The Morgan fingerprint density at radius 2 is 2.12 bits per heavy atom. The maximum absolute atomic E-state index is 5.90. The Kier molecular flexibility index (Phi) is 2.28. The number of nitrogens with zero attached hydrogens (tertiary/aromatic N) is 2. The average Bonchev–Trinajstić information content (AvgIpc) is 2.81. The molecule has 0 saturated heterocycles. The van der Waals surface area contributed by atoms with Gasteiger partial charge in [0.2, 0.25) is 5.89 Å².